The van der Waals surface area contributed by atoms with Gasteiger partial charge in [0.05, 0.1) is 23.2 Å². The van der Waals surface area contributed by atoms with Gasteiger partial charge >= 0.3 is 0 Å². The Morgan fingerprint density at radius 2 is 1.70 bits per heavy atom. The van der Waals surface area contributed by atoms with Crippen LogP contribution in [0.2, 0.25) is 0 Å². The van der Waals surface area contributed by atoms with Gasteiger partial charge in [0, 0.05) is 42.9 Å². The summed E-state index contributed by atoms with van der Waals surface area (Å²) in [4.78, 5) is 49.4. The SMILES string of the molecule is C=CCN(C(=O)[C@@H]1[C@H]2C(=O)N(CCCCCO)C(C(=O)N(CC=C)c3c(C)cccc3C)C23CC[C@H]1S3)c1ccc(OCC)cc1. The number of aryl methyl sites for hydroxylation is 2. The Kier molecular flexibility index (Phi) is 10.6. The van der Waals surface area contributed by atoms with Crippen LogP contribution in [0.5, 0.6) is 5.75 Å². The molecule has 3 saturated heterocycles. The maximum absolute atomic E-state index is 14.9. The monoisotopic (exact) mass is 645 g/mol. The molecule has 0 radical (unpaired) electrons. The molecule has 1 spiro atoms. The molecule has 3 amide bonds. The number of amides is 3. The van der Waals surface area contributed by atoms with Gasteiger partial charge < -0.3 is 24.5 Å². The van der Waals surface area contributed by atoms with E-state index in [0.29, 0.717) is 45.5 Å². The second kappa shape index (κ2) is 14.5. The average molecular weight is 646 g/mol. The number of hydrogen-bond donors (Lipinski definition) is 1. The lowest BCUT2D eigenvalue weighted by atomic mass is 9.70. The van der Waals surface area contributed by atoms with Crippen molar-refractivity contribution >= 4 is 40.9 Å². The van der Waals surface area contributed by atoms with Crippen LogP contribution < -0.4 is 14.5 Å². The first kappa shape index (κ1) is 33.8. The van der Waals surface area contributed by atoms with Gasteiger partial charge in [-0.15, -0.1) is 24.9 Å². The average Bonchev–Trinajstić information content (AvgIpc) is 3.69. The van der Waals surface area contributed by atoms with E-state index < -0.39 is 22.6 Å². The molecular formula is C37H47N3O5S. The first-order valence-electron chi connectivity index (χ1n) is 16.5. The Morgan fingerprint density at radius 3 is 2.33 bits per heavy atom. The molecule has 3 heterocycles. The topological polar surface area (TPSA) is 90.4 Å². The van der Waals surface area contributed by atoms with Crippen molar-refractivity contribution in [1.82, 2.24) is 4.90 Å². The van der Waals surface area contributed by atoms with Crippen molar-refractivity contribution in [2.24, 2.45) is 11.8 Å². The van der Waals surface area contributed by atoms with Crippen LogP contribution in [0.15, 0.2) is 67.8 Å². The molecule has 2 bridgehead atoms. The number of rotatable bonds is 15. The molecule has 3 aliphatic rings. The highest BCUT2D eigenvalue weighted by Crippen LogP contribution is 2.67. The third kappa shape index (κ3) is 5.99. The van der Waals surface area contributed by atoms with E-state index in [-0.39, 0.29) is 29.6 Å². The number of carbonyl (C=O) groups is 3. The van der Waals surface area contributed by atoms with Crippen molar-refractivity contribution in [3.05, 3.63) is 78.9 Å². The van der Waals surface area contributed by atoms with E-state index in [1.165, 1.54) is 0 Å². The van der Waals surface area contributed by atoms with Gasteiger partial charge in [0.15, 0.2) is 0 Å². The highest BCUT2D eigenvalue weighted by molar-refractivity contribution is 8.02. The van der Waals surface area contributed by atoms with Crippen LogP contribution in [0.1, 0.15) is 50.2 Å². The zero-order valence-electron chi connectivity index (χ0n) is 27.3. The van der Waals surface area contributed by atoms with E-state index in [9.17, 15) is 19.5 Å². The summed E-state index contributed by atoms with van der Waals surface area (Å²) in [5, 5.41) is 9.33. The highest BCUT2D eigenvalue weighted by Gasteiger charge is 2.74. The number of ether oxygens (including phenoxy) is 1. The molecule has 3 aliphatic heterocycles. The quantitative estimate of drug-likeness (QED) is 0.198. The molecule has 5 atom stereocenters. The van der Waals surface area contributed by atoms with E-state index in [1.54, 1.807) is 38.6 Å². The summed E-state index contributed by atoms with van der Waals surface area (Å²) in [5.74, 6) is -0.763. The molecular weight excluding hydrogens is 598 g/mol. The molecule has 8 nitrogen and oxygen atoms in total. The minimum atomic E-state index is -0.704. The van der Waals surface area contributed by atoms with Crippen LogP contribution in [-0.4, -0.2) is 76.6 Å². The van der Waals surface area contributed by atoms with Crippen molar-refractivity contribution < 1.29 is 24.2 Å². The third-order valence-electron chi connectivity index (χ3n) is 9.70. The van der Waals surface area contributed by atoms with Gasteiger partial charge in [-0.2, -0.15) is 0 Å². The van der Waals surface area contributed by atoms with E-state index in [2.05, 4.69) is 13.2 Å². The number of likely N-dealkylation sites (tertiary alicyclic amines) is 1. The molecule has 0 saturated carbocycles. The molecule has 0 aromatic heterocycles. The standard InChI is InChI=1S/C37H47N3O5S/c1-6-21-38(27-15-17-28(18-16-27)45-8-3)34(42)30-29-19-20-37(46-29)31(30)35(43)40(23-10-9-11-24-41)33(37)36(44)39(22-7-2)32-25(4)13-12-14-26(32)5/h6-7,12-18,29-31,33,41H,1-2,8-11,19-24H2,3-5H3/t29-,30+,31+,33?,37?/m1/s1. The largest absolute Gasteiger partial charge is 0.494 e. The number of hydrogen-bond acceptors (Lipinski definition) is 6. The van der Waals surface area contributed by atoms with Gasteiger partial charge in [0.25, 0.3) is 5.91 Å². The van der Waals surface area contributed by atoms with Gasteiger partial charge in [-0.05, 0) is 88.3 Å². The Balaban J connectivity index is 1.54. The Hall–Kier alpha value is -3.56. The Morgan fingerprint density at radius 1 is 1.02 bits per heavy atom. The summed E-state index contributed by atoms with van der Waals surface area (Å²) in [6.07, 6.45) is 6.96. The number of anilines is 2. The first-order chi connectivity index (χ1) is 22.2. The maximum atomic E-state index is 14.9. The lowest BCUT2D eigenvalue weighted by Crippen LogP contribution is -2.55. The molecule has 1 N–H and O–H groups in total. The number of aliphatic hydroxyl groups excluding tert-OH is 1. The van der Waals surface area contributed by atoms with Crippen LogP contribution in [0.25, 0.3) is 0 Å². The number of para-hydroxylation sites is 1. The number of aliphatic hydroxyl groups is 1. The van der Waals surface area contributed by atoms with Crippen molar-refractivity contribution in [1.29, 1.82) is 0 Å². The Bertz CT molecular complexity index is 1440. The number of benzene rings is 2. The lowest BCUT2D eigenvalue weighted by Gasteiger charge is -2.38. The van der Waals surface area contributed by atoms with Crippen molar-refractivity contribution in [3.63, 3.8) is 0 Å². The molecule has 0 aliphatic carbocycles. The number of fused-ring (bicyclic) bond motifs is 1. The van der Waals surface area contributed by atoms with E-state index >= 15 is 0 Å². The fourth-order valence-corrected chi connectivity index (χ4v) is 10.1. The number of carbonyl (C=O) groups excluding carboxylic acids is 3. The number of thioether (sulfide) groups is 1. The molecule has 9 heteroatoms. The minimum absolute atomic E-state index is 0.0589. The maximum Gasteiger partial charge on any atom is 0.251 e. The van der Waals surface area contributed by atoms with Gasteiger partial charge in [0.2, 0.25) is 11.8 Å². The molecule has 5 rings (SSSR count). The molecule has 246 valence electrons. The van der Waals surface area contributed by atoms with Crippen molar-refractivity contribution in [2.75, 3.05) is 42.6 Å². The summed E-state index contributed by atoms with van der Waals surface area (Å²) < 4.78 is 4.91. The number of nitrogens with zero attached hydrogens (tertiary/aromatic N) is 3. The third-order valence-corrected chi connectivity index (χ3v) is 11.7. The van der Waals surface area contributed by atoms with Crippen LogP contribution >= 0.6 is 11.8 Å². The first-order valence-corrected chi connectivity index (χ1v) is 17.3. The second-order valence-corrected chi connectivity index (χ2v) is 14.1. The Labute approximate surface area is 277 Å². The zero-order chi connectivity index (χ0) is 33.0. The summed E-state index contributed by atoms with van der Waals surface area (Å²) in [7, 11) is 0. The van der Waals surface area contributed by atoms with Crippen LogP contribution in [-0.2, 0) is 14.4 Å². The van der Waals surface area contributed by atoms with E-state index in [0.717, 1.165) is 41.1 Å². The summed E-state index contributed by atoms with van der Waals surface area (Å²) in [6.45, 7) is 15.5. The lowest BCUT2D eigenvalue weighted by molar-refractivity contribution is -0.139. The summed E-state index contributed by atoms with van der Waals surface area (Å²) >= 11 is 1.68. The normalized spacial score (nSPS) is 24.5. The number of unbranched alkanes of at least 4 members (excludes halogenated alkanes) is 2. The second-order valence-electron chi connectivity index (χ2n) is 12.5. The predicted molar refractivity (Wildman–Crippen MR) is 185 cm³/mol. The fraction of sp³-hybridized carbons (Fsp3) is 0.486. The van der Waals surface area contributed by atoms with E-state index in [4.69, 9.17) is 4.74 Å². The molecule has 46 heavy (non-hydrogen) atoms. The molecule has 2 unspecified atom stereocenters. The van der Waals surface area contributed by atoms with Gasteiger partial charge in [0.1, 0.15) is 11.8 Å². The van der Waals surface area contributed by atoms with Gasteiger partial charge in [-0.3, -0.25) is 14.4 Å². The summed E-state index contributed by atoms with van der Waals surface area (Å²) in [5.41, 5.74) is 3.53. The molecule has 3 fully saturated rings. The van der Waals surface area contributed by atoms with Gasteiger partial charge in [-0.25, -0.2) is 0 Å². The predicted octanol–water partition coefficient (Wildman–Crippen LogP) is 5.69. The zero-order valence-corrected chi connectivity index (χ0v) is 28.1. The van der Waals surface area contributed by atoms with Crippen LogP contribution in [0.4, 0.5) is 11.4 Å². The van der Waals surface area contributed by atoms with Crippen molar-refractivity contribution in [3.8, 4) is 5.75 Å². The van der Waals surface area contributed by atoms with Crippen LogP contribution in [0.3, 0.4) is 0 Å². The molecule has 2 aromatic rings. The minimum Gasteiger partial charge on any atom is -0.494 e. The summed E-state index contributed by atoms with van der Waals surface area (Å²) in [6, 6.07) is 12.7. The van der Waals surface area contributed by atoms with Crippen molar-refractivity contribution in [2.45, 2.75) is 68.9 Å². The molecule has 2 aromatic carbocycles. The smallest absolute Gasteiger partial charge is 0.251 e. The van der Waals surface area contributed by atoms with Gasteiger partial charge in [-0.1, -0.05) is 30.4 Å². The highest BCUT2D eigenvalue weighted by atomic mass is 32.2. The van der Waals surface area contributed by atoms with Crippen LogP contribution in [0, 0.1) is 25.7 Å². The van der Waals surface area contributed by atoms with E-state index in [1.807, 2.05) is 63.2 Å². The fourth-order valence-electron chi connectivity index (χ4n) is 7.85.